The first-order valence-electron chi connectivity index (χ1n) is 5.50. The Labute approximate surface area is 99.9 Å². The summed E-state index contributed by atoms with van der Waals surface area (Å²) in [4.78, 5) is 0. The smallest absolute Gasteiger partial charge is 0.162 e. The lowest BCUT2D eigenvalue weighted by molar-refractivity contribution is 0.288. The molecule has 0 bridgehead atoms. The van der Waals surface area contributed by atoms with E-state index < -0.39 is 0 Å². The molecule has 0 unspecified atom stereocenters. The molecule has 0 amide bonds. The Morgan fingerprint density at radius 2 is 1.88 bits per heavy atom. The van der Waals surface area contributed by atoms with Crippen molar-refractivity contribution in [1.29, 1.82) is 0 Å². The van der Waals surface area contributed by atoms with Gasteiger partial charge in [0, 0.05) is 24.1 Å². The zero-order valence-electron chi connectivity index (χ0n) is 9.04. The van der Waals surface area contributed by atoms with Gasteiger partial charge in [-0.2, -0.15) is 0 Å². The average molecular weight is 243 g/mol. The number of aryl methyl sites for hydroxylation is 1. The Balaban J connectivity index is 2.24. The topological polar surface area (TPSA) is 38.7 Å². The summed E-state index contributed by atoms with van der Waals surface area (Å²) in [5, 5.41) is 9.48. The molecule has 1 aliphatic rings. The highest BCUT2D eigenvalue weighted by atomic mass is 35.5. The number of fused-ring (bicyclic) bond motifs is 1. The molecule has 1 aromatic carbocycles. The van der Waals surface area contributed by atoms with Crippen LogP contribution in [0.15, 0.2) is 12.1 Å². The summed E-state index contributed by atoms with van der Waals surface area (Å²) >= 11 is 6.13. The molecule has 4 heteroatoms. The molecule has 3 nitrogen and oxygen atoms in total. The summed E-state index contributed by atoms with van der Waals surface area (Å²) < 4.78 is 11.1. The minimum absolute atomic E-state index is 0.171. The second-order valence-corrected chi connectivity index (χ2v) is 4.18. The van der Waals surface area contributed by atoms with Gasteiger partial charge in [-0.1, -0.05) is 11.6 Å². The van der Waals surface area contributed by atoms with Gasteiger partial charge in [0.25, 0.3) is 0 Å². The van der Waals surface area contributed by atoms with Gasteiger partial charge in [-0.05, 0) is 24.5 Å². The lowest BCUT2D eigenvalue weighted by Crippen LogP contribution is -1.97. The zero-order valence-corrected chi connectivity index (χ0v) is 9.79. The van der Waals surface area contributed by atoms with Crippen LogP contribution in [0.3, 0.4) is 0 Å². The molecule has 1 aliphatic heterocycles. The molecular formula is C12H15ClO3. The predicted molar refractivity (Wildman–Crippen MR) is 62.5 cm³/mol. The van der Waals surface area contributed by atoms with Crippen molar-refractivity contribution >= 4 is 11.6 Å². The van der Waals surface area contributed by atoms with E-state index in [0.717, 1.165) is 29.9 Å². The van der Waals surface area contributed by atoms with E-state index in [1.165, 1.54) is 0 Å². The van der Waals surface area contributed by atoms with Crippen LogP contribution in [-0.2, 0) is 6.42 Å². The Morgan fingerprint density at radius 3 is 2.56 bits per heavy atom. The molecule has 1 aromatic rings. The van der Waals surface area contributed by atoms with E-state index in [9.17, 15) is 0 Å². The molecule has 2 rings (SSSR count). The number of aliphatic hydroxyl groups is 1. The number of hydrogen-bond donors (Lipinski definition) is 1. The molecule has 1 heterocycles. The molecule has 16 heavy (non-hydrogen) atoms. The fourth-order valence-electron chi connectivity index (χ4n) is 1.69. The van der Waals surface area contributed by atoms with Crippen molar-refractivity contribution in [3.05, 3.63) is 22.7 Å². The van der Waals surface area contributed by atoms with Crippen LogP contribution in [0.1, 0.15) is 18.4 Å². The van der Waals surface area contributed by atoms with Gasteiger partial charge < -0.3 is 14.6 Å². The molecule has 0 aromatic heterocycles. The first-order valence-corrected chi connectivity index (χ1v) is 5.88. The van der Waals surface area contributed by atoms with Gasteiger partial charge >= 0.3 is 0 Å². The van der Waals surface area contributed by atoms with E-state index in [0.29, 0.717) is 24.7 Å². The van der Waals surface area contributed by atoms with Gasteiger partial charge in [-0.3, -0.25) is 0 Å². The van der Waals surface area contributed by atoms with E-state index in [1.54, 1.807) is 6.07 Å². The highest BCUT2D eigenvalue weighted by molar-refractivity contribution is 6.31. The second-order valence-electron chi connectivity index (χ2n) is 3.77. The molecule has 0 radical (unpaired) electrons. The summed E-state index contributed by atoms with van der Waals surface area (Å²) in [5.41, 5.74) is 1.000. The van der Waals surface area contributed by atoms with Crippen molar-refractivity contribution in [3.8, 4) is 11.5 Å². The Hall–Kier alpha value is -0.930. The first-order chi connectivity index (χ1) is 7.81. The number of ether oxygens (including phenoxy) is 2. The average Bonchev–Trinajstić information content (AvgIpc) is 2.50. The maximum atomic E-state index is 8.80. The van der Waals surface area contributed by atoms with Crippen molar-refractivity contribution in [3.63, 3.8) is 0 Å². The van der Waals surface area contributed by atoms with Crippen molar-refractivity contribution in [1.82, 2.24) is 0 Å². The summed E-state index contributed by atoms with van der Waals surface area (Å²) in [5.74, 6) is 1.48. The lowest BCUT2D eigenvalue weighted by Gasteiger charge is -2.11. The highest BCUT2D eigenvalue weighted by Gasteiger charge is 2.13. The fourth-order valence-corrected chi connectivity index (χ4v) is 1.94. The standard InChI is InChI=1S/C12H15ClO3/c13-10-8-12-11(15-5-2-6-16-12)7-9(10)3-1-4-14/h7-8,14H,1-6H2. The van der Waals surface area contributed by atoms with Crippen LogP contribution >= 0.6 is 11.6 Å². The molecule has 0 aliphatic carbocycles. The molecule has 1 N–H and O–H groups in total. The number of aliphatic hydroxyl groups excluding tert-OH is 1. The van der Waals surface area contributed by atoms with Crippen LogP contribution in [-0.4, -0.2) is 24.9 Å². The van der Waals surface area contributed by atoms with E-state index in [-0.39, 0.29) is 6.61 Å². The van der Waals surface area contributed by atoms with Crippen molar-refractivity contribution < 1.29 is 14.6 Å². The number of benzene rings is 1. The third-order valence-electron chi connectivity index (χ3n) is 2.52. The number of hydrogen-bond acceptors (Lipinski definition) is 3. The van der Waals surface area contributed by atoms with E-state index in [4.69, 9.17) is 26.2 Å². The predicted octanol–water partition coefficient (Wildman–Crippen LogP) is 2.43. The van der Waals surface area contributed by atoms with E-state index >= 15 is 0 Å². The van der Waals surface area contributed by atoms with Crippen LogP contribution in [0, 0.1) is 0 Å². The van der Waals surface area contributed by atoms with Gasteiger partial charge in [-0.15, -0.1) is 0 Å². The monoisotopic (exact) mass is 242 g/mol. The van der Waals surface area contributed by atoms with E-state index in [2.05, 4.69) is 0 Å². The Kier molecular flexibility index (Phi) is 3.91. The Morgan fingerprint density at radius 1 is 1.19 bits per heavy atom. The van der Waals surface area contributed by atoms with Gasteiger partial charge in [0.1, 0.15) is 0 Å². The van der Waals surface area contributed by atoms with Gasteiger partial charge in [0.15, 0.2) is 11.5 Å². The largest absolute Gasteiger partial charge is 0.490 e. The fraction of sp³-hybridized carbons (Fsp3) is 0.500. The maximum Gasteiger partial charge on any atom is 0.162 e. The van der Waals surface area contributed by atoms with Crippen LogP contribution in [0.25, 0.3) is 0 Å². The molecule has 0 fully saturated rings. The molecule has 0 spiro atoms. The van der Waals surface area contributed by atoms with Gasteiger partial charge in [-0.25, -0.2) is 0 Å². The third-order valence-corrected chi connectivity index (χ3v) is 2.87. The van der Waals surface area contributed by atoms with Gasteiger partial charge in [0.05, 0.1) is 13.2 Å². The quantitative estimate of drug-likeness (QED) is 0.885. The Bertz CT molecular complexity index is 366. The molecule has 88 valence electrons. The minimum atomic E-state index is 0.171. The van der Waals surface area contributed by atoms with Crippen LogP contribution in [0.4, 0.5) is 0 Å². The first kappa shape index (κ1) is 11.6. The highest BCUT2D eigenvalue weighted by Crippen LogP contribution is 2.35. The molecular weight excluding hydrogens is 228 g/mol. The summed E-state index contributed by atoms with van der Waals surface area (Å²) in [6, 6.07) is 3.72. The molecule has 0 saturated heterocycles. The summed E-state index contributed by atoms with van der Waals surface area (Å²) in [6.45, 7) is 1.51. The number of halogens is 1. The molecule has 0 atom stereocenters. The van der Waals surface area contributed by atoms with Gasteiger partial charge in [0.2, 0.25) is 0 Å². The normalized spacial score (nSPS) is 14.6. The maximum absolute atomic E-state index is 8.80. The third kappa shape index (κ3) is 2.60. The summed E-state index contributed by atoms with van der Waals surface area (Å²) in [7, 11) is 0. The minimum Gasteiger partial charge on any atom is -0.490 e. The SMILES string of the molecule is OCCCc1cc2c(cc1Cl)OCCCO2. The lowest BCUT2D eigenvalue weighted by atomic mass is 10.1. The number of rotatable bonds is 3. The van der Waals surface area contributed by atoms with Crippen molar-refractivity contribution in [2.45, 2.75) is 19.3 Å². The van der Waals surface area contributed by atoms with Crippen LogP contribution < -0.4 is 9.47 Å². The summed E-state index contributed by atoms with van der Waals surface area (Å²) in [6.07, 6.45) is 2.35. The zero-order chi connectivity index (χ0) is 11.4. The van der Waals surface area contributed by atoms with Crippen LogP contribution in [0.2, 0.25) is 5.02 Å². The van der Waals surface area contributed by atoms with Crippen molar-refractivity contribution in [2.75, 3.05) is 19.8 Å². The van der Waals surface area contributed by atoms with E-state index in [1.807, 2.05) is 6.07 Å². The van der Waals surface area contributed by atoms with Crippen LogP contribution in [0.5, 0.6) is 11.5 Å². The van der Waals surface area contributed by atoms with Crippen molar-refractivity contribution in [2.24, 2.45) is 0 Å². The second kappa shape index (κ2) is 5.41. The molecule has 0 saturated carbocycles.